The summed E-state index contributed by atoms with van der Waals surface area (Å²) in [7, 11) is -6.82. The highest BCUT2D eigenvalue weighted by Crippen LogP contribution is 2.19. The SMILES string of the molecule is O=S(=O)(CCCCCCCCCCCCS(=O)(=O)Nc1cccc(O)c1)Nc1cccc(O)c1. The van der Waals surface area contributed by atoms with Crippen molar-refractivity contribution >= 4 is 31.4 Å². The fourth-order valence-corrected chi connectivity index (χ4v) is 5.94. The number of aromatic hydroxyl groups is 2. The third-order valence-electron chi connectivity index (χ3n) is 5.32. The zero-order valence-electron chi connectivity index (χ0n) is 19.4. The Morgan fingerprint density at radius 2 is 0.853 bits per heavy atom. The maximum atomic E-state index is 12.1. The summed E-state index contributed by atoms with van der Waals surface area (Å²) in [6.45, 7) is 0. The van der Waals surface area contributed by atoms with Gasteiger partial charge in [-0.25, -0.2) is 16.8 Å². The second-order valence-corrected chi connectivity index (χ2v) is 12.2. The number of benzene rings is 2. The lowest BCUT2D eigenvalue weighted by molar-refractivity contribution is 0.475. The summed E-state index contributed by atoms with van der Waals surface area (Å²) in [5.74, 6) is 0.164. The minimum absolute atomic E-state index is 0.0206. The van der Waals surface area contributed by atoms with E-state index in [0.29, 0.717) is 24.2 Å². The molecule has 10 heteroatoms. The van der Waals surface area contributed by atoms with Crippen LogP contribution in [0.15, 0.2) is 48.5 Å². The van der Waals surface area contributed by atoms with E-state index in [1.165, 1.54) is 24.3 Å². The van der Waals surface area contributed by atoms with Gasteiger partial charge in [0.1, 0.15) is 11.5 Å². The molecule has 0 spiro atoms. The van der Waals surface area contributed by atoms with E-state index in [0.717, 1.165) is 51.4 Å². The molecule has 0 unspecified atom stereocenters. The molecule has 2 aromatic rings. The smallest absolute Gasteiger partial charge is 0.232 e. The molecule has 8 nitrogen and oxygen atoms in total. The van der Waals surface area contributed by atoms with Crippen LogP contribution in [-0.4, -0.2) is 38.6 Å². The zero-order chi connectivity index (χ0) is 24.9. The lowest BCUT2D eigenvalue weighted by atomic mass is 10.1. The van der Waals surface area contributed by atoms with Crippen molar-refractivity contribution in [1.29, 1.82) is 0 Å². The van der Waals surface area contributed by atoms with Gasteiger partial charge in [0.05, 0.1) is 22.9 Å². The van der Waals surface area contributed by atoms with E-state index in [1.54, 1.807) is 24.3 Å². The van der Waals surface area contributed by atoms with Crippen LogP contribution in [0, 0.1) is 0 Å². The fourth-order valence-electron chi connectivity index (χ4n) is 3.60. The highest BCUT2D eigenvalue weighted by atomic mass is 32.2. The first kappa shape index (κ1) is 27.8. The zero-order valence-corrected chi connectivity index (χ0v) is 21.1. The van der Waals surface area contributed by atoms with Crippen molar-refractivity contribution in [2.75, 3.05) is 20.9 Å². The Hall–Kier alpha value is -2.46. The van der Waals surface area contributed by atoms with Crippen molar-refractivity contribution < 1.29 is 27.0 Å². The van der Waals surface area contributed by atoms with Crippen LogP contribution in [0.3, 0.4) is 0 Å². The predicted octanol–water partition coefficient (Wildman–Crippen LogP) is 5.18. The minimum atomic E-state index is -3.41. The van der Waals surface area contributed by atoms with Crippen LogP contribution < -0.4 is 9.44 Å². The monoisotopic (exact) mass is 512 g/mol. The number of sulfonamides is 2. The molecule has 2 aromatic carbocycles. The number of phenolic OH excluding ortho intramolecular Hbond substituents is 2. The molecule has 0 bridgehead atoms. The molecule has 0 fully saturated rings. The standard InChI is InChI=1S/C24H36N2O6S2/c27-23-15-11-13-21(19-23)25-33(29,30)17-9-7-5-3-1-2-4-6-8-10-18-34(31,32)26-22-14-12-16-24(28)20-22/h11-16,19-20,25-28H,1-10,17-18H2. The molecule has 0 atom stereocenters. The van der Waals surface area contributed by atoms with Crippen LogP contribution in [-0.2, 0) is 20.0 Å². The van der Waals surface area contributed by atoms with Crippen LogP contribution in [0.25, 0.3) is 0 Å². The van der Waals surface area contributed by atoms with Gasteiger partial charge in [-0.15, -0.1) is 0 Å². The first-order valence-corrected chi connectivity index (χ1v) is 15.0. The number of rotatable bonds is 17. The first-order chi connectivity index (χ1) is 16.2. The predicted molar refractivity (Wildman–Crippen MR) is 137 cm³/mol. The Kier molecular flexibility index (Phi) is 11.5. The van der Waals surface area contributed by atoms with Crippen molar-refractivity contribution in [3.63, 3.8) is 0 Å². The van der Waals surface area contributed by atoms with Crippen LogP contribution in [0.2, 0.25) is 0 Å². The average Bonchev–Trinajstić information content (AvgIpc) is 2.74. The highest BCUT2D eigenvalue weighted by Gasteiger charge is 2.11. The molecular formula is C24H36N2O6S2. The van der Waals surface area contributed by atoms with Crippen molar-refractivity contribution in [1.82, 2.24) is 0 Å². The number of nitrogens with one attached hydrogen (secondary N) is 2. The van der Waals surface area contributed by atoms with E-state index in [4.69, 9.17) is 0 Å². The molecule has 0 amide bonds. The molecule has 0 heterocycles. The Bertz CT molecular complexity index is 1000. The van der Waals surface area contributed by atoms with E-state index in [-0.39, 0.29) is 23.0 Å². The van der Waals surface area contributed by atoms with Gasteiger partial charge in [-0.05, 0) is 37.1 Å². The Labute approximate surface area is 203 Å². The van der Waals surface area contributed by atoms with E-state index in [1.807, 2.05) is 0 Å². The summed E-state index contributed by atoms with van der Waals surface area (Å²) < 4.78 is 53.3. The maximum Gasteiger partial charge on any atom is 0.232 e. The normalized spacial score (nSPS) is 11.9. The van der Waals surface area contributed by atoms with Gasteiger partial charge < -0.3 is 10.2 Å². The average molecular weight is 513 g/mol. The summed E-state index contributed by atoms with van der Waals surface area (Å²) in [4.78, 5) is 0. The van der Waals surface area contributed by atoms with Gasteiger partial charge in [0.2, 0.25) is 20.0 Å². The Morgan fingerprint density at radius 3 is 1.18 bits per heavy atom. The van der Waals surface area contributed by atoms with E-state index >= 15 is 0 Å². The van der Waals surface area contributed by atoms with Crippen molar-refractivity contribution in [3.05, 3.63) is 48.5 Å². The molecule has 0 aliphatic rings. The van der Waals surface area contributed by atoms with Crippen LogP contribution in [0.1, 0.15) is 64.2 Å². The molecule has 4 N–H and O–H groups in total. The highest BCUT2D eigenvalue weighted by molar-refractivity contribution is 7.92. The number of hydrogen-bond donors (Lipinski definition) is 4. The molecule has 190 valence electrons. The largest absolute Gasteiger partial charge is 0.508 e. The third-order valence-corrected chi connectivity index (χ3v) is 8.06. The summed E-state index contributed by atoms with van der Waals surface area (Å²) in [5.41, 5.74) is 0.732. The Balaban J connectivity index is 1.44. The number of anilines is 2. The molecule has 34 heavy (non-hydrogen) atoms. The molecule has 0 aliphatic carbocycles. The second-order valence-electron chi connectivity index (χ2n) is 8.48. The third kappa shape index (κ3) is 12.1. The number of unbranched alkanes of at least 4 members (excludes halogenated alkanes) is 9. The van der Waals surface area contributed by atoms with Gasteiger partial charge in [0.25, 0.3) is 0 Å². The fraction of sp³-hybridized carbons (Fsp3) is 0.500. The lowest BCUT2D eigenvalue weighted by Gasteiger charge is -2.08. The van der Waals surface area contributed by atoms with Crippen molar-refractivity contribution in [3.8, 4) is 11.5 Å². The van der Waals surface area contributed by atoms with Gasteiger partial charge >= 0.3 is 0 Å². The molecule has 0 aliphatic heterocycles. The van der Waals surface area contributed by atoms with E-state index in [9.17, 15) is 27.0 Å². The summed E-state index contributed by atoms with van der Waals surface area (Å²) in [6.07, 6.45) is 9.16. The molecule has 0 aromatic heterocycles. The molecule has 0 saturated carbocycles. The quantitative estimate of drug-likeness (QED) is 0.216. The maximum absolute atomic E-state index is 12.1. The van der Waals surface area contributed by atoms with Gasteiger partial charge in [-0.2, -0.15) is 0 Å². The van der Waals surface area contributed by atoms with Crippen molar-refractivity contribution in [2.45, 2.75) is 64.2 Å². The molecule has 0 radical (unpaired) electrons. The second kappa shape index (κ2) is 14.1. The molecule has 2 rings (SSSR count). The topological polar surface area (TPSA) is 133 Å². The van der Waals surface area contributed by atoms with E-state index in [2.05, 4.69) is 9.44 Å². The lowest BCUT2D eigenvalue weighted by Crippen LogP contribution is -2.16. The van der Waals surface area contributed by atoms with Crippen LogP contribution in [0.5, 0.6) is 11.5 Å². The first-order valence-electron chi connectivity index (χ1n) is 11.7. The molecular weight excluding hydrogens is 476 g/mol. The summed E-state index contributed by atoms with van der Waals surface area (Å²) in [6, 6.07) is 12.1. The van der Waals surface area contributed by atoms with Gasteiger partial charge in [0.15, 0.2) is 0 Å². The minimum Gasteiger partial charge on any atom is -0.508 e. The number of hydrogen-bond acceptors (Lipinski definition) is 6. The van der Waals surface area contributed by atoms with Gasteiger partial charge in [-0.3, -0.25) is 9.44 Å². The van der Waals surface area contributed by atoms with Crippen LogP contribution in [0.4, 0.5) is 11.4 Å². The van der Waals surface area contributed by atoms with Gasteiger partial charge in [0, 0.05) is 12.1 Å². The van der Waals surface area contributed by atoms with E-state index < -0.39 is 20.0 Å². The number of phenols is 2. The van der Waals surface area contributed by atoms with Crippen LogP contribution >= 0.6 is 0 Å². The van der Waals surface area contributed by atoms with Gasteiger partial charge in [-0.1, -0.05) is 63.5 Å². The summed E-state index contributed by atoms with van der Waals surface area (Å²) in [5, 5.41) is 18.8. The Morgan fingerprint density at radius 1 is 0.529 bits per heavy atom. The molecule has 0 saturated heterocycles. The summed E-state index contributed by atoms with van der Waals surface area (Å²) >= 11 is 0. The van der Waals surface area contributed by atoms with Crippen molar-refractivity contribution in [2.24, 2.45) is 0 Å².